The molecule has 0 bridgehead atoms. The van der Waals surface area contributed by atoms with E-state index in [-0.39, 0.29) is 0 Å². The van der Waals surface area contributed by atoms with Gasteiger partial charge in [0.05, 0.1) is 19.3 Å². The number of Topliss-reactive ketones (excluding diaryl/α,β-unsaturated/α-hetero) is 1. The molecule has 68 valence electrons. The minimum Gasteiger partial charge on any atom is -0.465 e. The zero-order chi connectivity index (χ0) is 9.72. The topological polar surface area (TPSA) is 83.8 Å². The number of carbonyl (C=O) groups is 2. The molecule has 0 aliphatic rings. The summed E-state index contributed by atoms with van der Waals surface area (Å²) in [7, 11) is 1.09. The number of carbonyl (C=O) groups excluding carboxylic acids is 2. The normalized spacial score (nSPS) is 11.9. The third kappa shape index (κ3) is 2.44. The van der Waals surface area contributed by atoms with Gasteiger partial charge < -0.3 is 14.9 Å². The van der Waals surface area contributed by atoms with Crippen molar-refractivity contribution < 1.29 is 24.5 Å². The van der Waals surface area contributed by atoms with Gasteiger partial charge in [-0.1, -0.05) is 6.58 Å². The van der Waals surface area contributed by atoms with Gasteiger partial charge in [-0.15, -0.1) is 0 Å². The van der Waals surface area contributed by atoms with Gasteiger partial charge in [0, 0.05) is 0 Å². The van der Waals surface area contributed by atoms with Gasteiger partial charge in [0.25, 0.3) is 0 Å². The van der Waals surface area contributed by atoms with Crippen LogP contribution in [0.25, 0.3) is 0 Å². The number of esters is 1. The van der Waals surface area contributed by atoms with Gasteiger partial charge in [-0.05, 0) is 0 Å². The van der Waals surface area contributed by atoms with Crippen molar-refractivity contribution in [1.29, 1.82) is 0 Å². The van der Waals surface area contributed by atoms with Crippen LogP contribution >= 0.6 is 0 Å². The fourth-order valence-electron chi connectivity index (χ4n) is 0.508. The maximum atomic E-state index is 10.9. The van der Waals surface area contributed by atoms with E-state index < -0.39 is 30.0 Å². The molecular weight excluding hydrogens is 164 g/mol. The summed E-state index contributed by atoms with van der Waals surface area (Å²) in [5, 5.41) is 17.1. The molecule has 0 saturated carbocycles. The highest BCUT2D eigenvalue weighted by Gasteiger charge is 2.22. The molecule has 1 atom stereocenters. The maximum Gasteiger partial charge on any atom is 0.340 e. The van der Waals surface area contributed by atoms with E-state index in [0.717, 1.165) is 7.11 Å². The standard InChI is InChI=1S/C7H10O5/c1-4(7(11)12-2)6(10)5(9)3-8/h5,8-9H,1,3H2,2H3. The summed E-state index contributed by atoms with van der Waals surface area (Å²) in [5.41, 5.74) is -0.473. The molecule has 0 rings (SSSR count). The molecule has 0 fully saturated rings. The molecule has 0 radical (unpaired) electrons. The molecule has 0 heterocycles. The maximum absolute atomic E-state index is 10.9. The number of methoxy groups -OCH3 is 1. The molecule has 12 heavy (non-hydrogen) atoms. The lowest BCUT2D eigenvalue weighted by molar-refractivity contribution is -0.139. The molecular formula is C7H10O5. The third-order valence-corrected chi connectivity index (χ3v) is 1.20. The molecule has 0 spiro atoms. The highest BCUT2D eigenvalue weighted by Crippen LogP contribution is 1.99. The van der Waals surface area contributed by atoms with E-state index in [1.165, 1.54) is 0 Å². The van der Waals surface area contributed by atoms with Crippen molar-refractivity contribution in [2.45, 2.75) is 6.10 Å². The van der Waals surface area contributed by atoms with E-state index >= 15 is 0 Å². The average Bonchev–Trinajstić information content (AvgIpc) is 2.12. The first kappa shape index (κ1) is 10.8. The zero-order valence-corrected chi connectivity index (χ0v) is 6.61. The van der Waals surface area contributed by atoms with Gasteiger partial charge in [-0.25, -0.2) is 4.79 Å². The highest BCUT2D eigenvalue weighted by atomic mass is 16.5. The summed E-state index contributed by atoms with van der Waals surface area (Å²) < 4.78 is 4.18. The lowest BCUT2D eigenvalue weighted by Gasteiger charge is -2.06. The van der Waals surface area contributed by atoms with E-state index in [1.807, 2.05) is 0 Å². The number of aliphatic hydroxyl groups is 2. The quantitative estimate of drug-likeness (QED) is 0.238. The van der Waals surface area contributed by atoms with Crippen LogP contribution in [0, 0.1) is 0 Å². The van der Waals surface area contributed by atoms with Gasteiger partial charge >= 0.3 is 5.97 Å². The Kier molecular flexibility index (Phi) is 4.17. The lowest BCUT2D eigenvalue weighted by Crippen LogP contribution is -2.28. The first-order chi connectivity index (χ1) is 5.54. The second kappa shape index (κ2) is 4.63. The first-order valence-corrected chi connectivity index (χ1v) is 3.15. The molecule has 0 amide bonds. The smallest absolute Gasteiger partial charge is 0.340 e. The fraction of sp³-hybridized carbons (Fsp3) is 0.429. The van der Waals surface area contributed by atoms with Gasteiger partial charge in [0.2, 0.25) is 0 Å². The molecule has 0 aliphatic heterocycles. The SMILES string of the molecule is C=C(C(=O)OC)C(=O)C(O)CO. The fourth-order valence-corrected chi connectivity index (χ4v) is 0.508. The van der Waals surface area contributed by atoms with Crippen LogP contribution in [0.5, 0.6) is 0 Å². The monoisotopic (exact) mass is 174 g/mol. The summed E-state index contributed by atoms with van der Waals surface area (Å²) in [5.74, 6) is -1.84. The van der Waals surface area contributed by atoms with Crippen molar-refractivity contribution in [2.24, 2.45) is 0 Å². The molecule has 0 aliphatic carbocycles. The molecule has 0 aromatic heterocycles. The summed E-state index contributed by atoms with van der Waals surface area (Å²) >= 11 is 0. The van der Waals surface area contributed by atoms with Crippen molar-refractivity contribution in [3.63, 3.8) is 0 Å². The molecule has 2 N–H and O–H groups in total. The summed E-state index contributed by atoms with van der Waals surface area (Å²) in [6.45, 7) is 2.36. The largest absolute Gasteiger partial charge is 0.465 e. The van der Waals surface area contributed by atoms with Crippen LogP contribution in [0.2, 0.25) is 0 Å². The Labute approximate surface area is 69.3 Å². The number of ether oxygens (including phenoxy) is 1. The molecule has 0 aromatic carbocycles. The Hall–Kier alpha value is -1.20. The van der Waals surface area contributed by atoms with Crippen LogP contribution in [-0.4, -0.2) is 41.8 Å². The van der Waals surface area contributed by atoms with Gasteiger partial charge in [0.15, 0.2) is 5.78 Å². The van der Waals surface area contributed by atoms with Gasteiger partial charge in [-0.2, -0.15) is 0 Å². The van der Waals surface area contributed by atoms with Gasteiger partial charge in [0.1, 0.15) is 6.10 Å². The van der Waals surface area contributed by atoms with Gasteiger partial charge in [-0.3, -0.25) is 4.79 Å². The van der Waals surface area contributed by atoms with Crippen molar-refractivity contribution in [1.82, 2.24) is 0 Å². The number of aliphatic hydroxyl groups excluding tert-OH is 2. The second-order valence-corrected chi connectivity index (χ2v) is 2.03. The van der Waals surface area contributed by atoms with E-state index in [9.17, 15) is 9.59 Å². The molecule has 0 saturated heterocycles. The zero-order valence-electron chi connectivity index (χ0n) is 6.61. The van der Waals surface area contributed by atoms with Crippen LogP contribution in [0.15, 0.2) is 12.2 Å². The predicted molar refractivity (Wildman–Crippen MR) is 39.3 cm³/mol. The molecule has 5 nitrogen and oxygen atoms in total. The Morgan fingerprint density at radius 3 is 2.42 bits per heavy atom. The highest BCUT2D eigenvalue weighted by molar-refractivity contribution is 6.18. The van der Waals surface area contributed by atoms with Crippen LogP contribution in [-0.2, 0) is 14.3 Å². The van der Waals surface area contributed by atoms with E-state index in [4.69, 9.17) is 10.2 Å². The minimum absolute atomic E-state index is 0.473. The van der Waals surface area contributed by atoms with Crippen molar-refractivity contribution >= 4 is 11.8 Å². The lowest BCUT2D eigenvalue weighted by atomic mass is 10.1. The van der Waals surface area contributed by atoms with Crippen LogP contribution < -0.4 is 0 Å². The Morgan fingerprint density at radius 2 is 2.08 bits per heavy atom. The molecule has 1 unspecified atom stereocenters. The second-order valence-electron chi connectivity index (χ2n) is 2.03. The van der Waals surface area contributed by atoms with Crippen LogP contribution in [0.1, 0.15) is 0 Å². The summed E-state index contributed by atoms with van der Waals surface area (Å²) in [6.07, 6.45) is -1.60. The van der Waals surface area contributed by atoms with E-state index in [2.05, 4.69) is 11.3 Å². The molecule has 0 aromatic rings. The summed E-state index contributed by atoms with van der Waals surface area (Å²) in [4.78, 5) is 21.5. The Morgan fingerprint density at radius 1 is 1.58 bits per heavy atom. The Bertz CT molecular complexity index is 208. The number of ketones is 1. The van der Waals surface area contributed by atoms with Crippen molar-refractivity contribution in [3.8, 4) is 0 Å². The van der Waals surface area contributed by atoms with E-state index in [1.54, 1.807) is 0 Å². The van der Waals surface area contributed by atoms with Crippen molar-refractivity contribution in [2.75, 3.05) is 13.7 Å². The Balaban J connectivity index is 4.30. The number of hydrogen-bond donors (Lipinski definition) is 2. The van der Waals surface area contributed by atoms with Crippen LogP contribution in [0.4, 0.5) is 0 Å². The van der Waals surface area contributed by atoms with Crippen LogP contribution in [0.3, 0.4) is 0 Å². The number of rotatable bonds is 4. The van der Waals surface area contributed by atoms with E-state index in [0.29, 0.717) is 0 Å². The predicted octanol–water partition coefficient (Wildman–Crippen LogP) is -1.36. The number of hydrogen-bond acceptors (Lipinski definition) is 5. The molecule has 5 heteroatoms. The average molecular weight is 174 g/mol. The first-order valence-electron chi connectivity index (χ1n) is 3.15. The minimum atomic E-state index is -1.60. The third-order valence-electron chi connectivity index (χ3n) is 1.20. The van der Waals surface area contributed by atoms with Crippen molar-refractivity contribution in [3.05, 3.63) is 12.2 Å². The summed E-state index contributed by atoms with van der Waals surface area (Å²) in [6, 6.07) is 0.